The van der Waals surface area contributed by atoms with Gasteiger partial charge in [0.25, 0.3) is 0 Å². The third-order valence-corrected chi connectivity index (χ3v) is 9.93. The number of likely N-dealkylation sites (tertiary alicyclic amines) is 1. The minimum atomic E-state index is -4.80. The summed E-state index contributed by atoms with van der Waals surface area (Å²) in [4.78, 5) is 10.4. The quantitative estimate of drug-likeness (QED) is 0.367. The average Bonchev–Trinajstić information content (AvgIpc) is 3.46. The van der Waals surface area contributed by atoms with E-state index in [0.717, 1.165) is 43.5 Å². The Kier molecular flexibility index (Phi) is 7.90. The van der Waals surface area contributed by atoms with Crippen LogP contribution in [0, 0.1) is 6.92 Å². The van der Waals surface area contributed by atoms with E-state index >= 15 is 0 Å². The van der Waals surface area contributed by atoms with E-state index in [1.165, 1.54) is 37.3 Å². The van der Waals surface area contributed by atoms with Crippen molar-refractivity contribution >= 4 is 33.0 Å². The van der Waals surface area contributed by atoms with Gasteiger partial charge in [0.2, 0.25) is 20.8 Å². The van der Waals surface area contributed by atoms with Crippen LogP contribution in [0.1, 0.15) is 61.8 Å². The third kappa shape index (κ3) is 5.78. The van der Waals surface area contributed by atoms with Gasteiger partial charge in [-0.1, -0.05) is 0 Å². The van der Waals surface area contributed by atoms with E-state index < -0.39 is 32.6 Å². The van der Waals surface area contributed by atoms with E-state index in [-0.39, 0.29) is 22.8 Å². The Labute approximate surface area is 243 Å². The van der Waals surface area contributed by atoms with Crippen LogP contribution < -0.4 is 15.4 Å². The molecule has 0 spiro atoms. The highest BCUT2D eigenvalue weighted by Crippen LogP contribution is 2.46. The Hall–Kier alpha value is -3.39. The van der Waals surface area contributed by atoms with Crippen molar-refractivity contribution in [1.82, 2.24) is 24.6 Å². The van der Waals surface area contributed by atoms with Gasteiger partial charge in [0.15, 0.2) is 0 Å². The highest BCUT2D eigenvalue weighted by atomic mass is 32.2. The smallest absolute Gasteiger partial charge is 0.421 e. The SMILES string of the molecule is Cc1cc(Nc2ncc(C(F)(F)F)c(Nc3cn(C)nc3S(=O)(=O)C(C)C)n2)c2c(c1C1CCN(C)CC1)C[C@@H](C)O2. The van der Waals surface area contributed by atoms with Crippen molar-refractivity contribution in [2.45, 2.75) is 75.4 Å². The number of hydrogen-bond acceptors (Lipinski definition) is 9. The maximum absolute atomic E-state index is 14.0. The van der Waals surface area contributed by atoms with Gasteiger partial charge in [-0.05, 0) is 83.8 Å². The number of piperidine rings is 1. The standard InChI is InChI=1S/C28H36F3N7O3S/c1-15(2)42(39,40)26-22(14-38(6)36-26)33-25-20(28(29,30)31)13-32-27(35-25)34-21-11-16(3)23(18-7-9-37(5)10-8-18)19-12-17(4)41-24(19)21/h11,13-15,17-18H,7-10,12H2,1-6H3,(H2,32,33,34,35)/t17-/m1/s1. The van der Waals surface area contributed by atoms with Crippen molar-refractivity contribution in [3.05, 3.63) is 40.7 Å². The number of sulfone groups is 1. The zero-order valence-electron chi connectivity index (χ0n) is 24.5. The van der Waals surface area contributed by atoms with Crippen LogP contribution in [-0.2, 0) is 29.5 Å². The number of aryl methyl sites for hydroxylation is 2. The van der Waals surface area contributed by atoms with Gasteiger partial charge in [-0.3, -0.25) is 4.68 Å². The fourth-order valence-electron chi connectivity index (χ4n) is 5.69. The van der Waals surface area contributed by atoms with Crippen LogP contribution in [0.15, 0.2) is 23.5 Å². The molecule has 0 unspecified atom stereocenters. The number of benzene rings is 1. The second-order valence-corrected chi connectivity index (χ2v) is 13.9. The van der Waals surface area contributed by atoms with Crippen LogP contribution in [0.5, 0.6) is 5.75 Å². The minimum absolute atomic E-state index is 0.0509. The summed E-state index contributed by atoms with van der Waals surface area (Å²) in [6.45, 7) is 9.02. The molecule has 2 aromatic heterocycles. The monoisotopic (exact) mass is 607 g/mol. The number of alkyl halides is 3. The van der Waals surface area contributed by atoms with Crippen LogP contribution in [0.25, 0.3) is 0 Å². The predicted molar refractivity (Wildman–Crippen MR) is 154 cm³/mol. The first-order valence-corrected chi connectivity index (χ1v) is 15.5. The molecule has 14 heteroatoms. The van der Waals surface area contributed by atoms with Crippen molar-refractivity contribution in [1.29, 1.82) is 0 Å². The summed E-state index contributed by atoms with van der Waals surface area (Å²) < 4.78 is 75.2. The molecule has 0 amide bonds. The topological polar surface area (TPSA) is 114 Å². The van der Waals surface area contributed by atoms with Crippen LogP contribution in [0.4, 0.5) is 36.3 Å². The van der Waals surface area contributed by atoms with Gasteiger partial charge < -0.3 is 20.3 Å². The molecule has 228 valence electrons. The van der Waals surface area contributed by atoms with Crippen LogP contribution >= 0.6 is 0 Å². The largest absolute Gasteiger partial charge is 0.488 e. The van der Waals surface area contributed by atoms with Gasteiger partial charge in [0.05, 0.1) is 16.6 Å². The molecule has 0 aliphatic carbocycles. The molecule has 2 N–H and O–H groups in total. The molecule has 0 radical (unpaired) electrons. The number of fused-ring (bicyclic) bond motifs is 1. The van der Waals surface area contributed by atoms with Crippen LogP contribution in [0.3, 0.4) is 0 Å². The second-order valence-electron chi connectivity index (χ2n) is 11.5. The van der Waals surface area contributed by atoms with Gasteiger partial charge in [-0.25, -0.2) is 13.4 Å². The van der Waals surface area contributed by atoms with Gasteiger partial charge in [0.1, 0.15) is 23.2 Å². The molecule has 2 aliphatic heterocycles. The fraction of sp³-hybridized carbons (Fsp3) is 0.536. The average molecular weight is 608 g/mol. The lowest BCUT2D eigenvalue weighted by molar-refractivity contribution is -0.137. The van der Waals surface area contributed by atoms with Crippen LogP contribution in [0.2, 0.25) is 0 Å². The highest BCUT2D eigenvalue weighted by molar-refractivity contribution is 7.92. The maximum Gasteiger partial charge on any atom is 0.421 e. The molecule has 5 rings (SSSR count). The first-order valence-electron chi connectivity index (χ1n) is 13.9. The summed E-state index contributed by atoms with van der Waals surface area (Å²) in [5.74, 6) is 0.377. The first-order chi connectivity index (χ1) is 19.6. The number of hydrogen-bond donors (Lipinski definition) is 2. The van der Waals surface area contributed by atoms with E-state index in [1.54, 1.807) is 0 Å². The number of nitrogens with one attached hydrogen (secondary N) is 2. The highest BCUT2D eigenvalue weighted by Gasteiger charge is 2.37. The van der Waals surface area contributed by atoms with Crippen molar-refractivity contribution in [3.63, 3.8) is 0 Å². The molecule has 1 fully saturated rings. The number of ether oxygens (including phenoxy) is 1. The molecule has 3 aromatic rings. The maximum atomic E-state index is 14.0. The summed E-state index contributed by atoms with van der Waals surface area (Å²) in [5, 5.41) is 8.45. The molecule has 2 aliphatic rings. The molecular weight excluding hydrogens is 571 g/mol. The van der Waals surface area contributed by atoms with Crippen molar-refractivity contribution in [3.8, 4) is 5.75 Å². The van der Waals surface area contributed by atoms with E-state index in [1.807, 2.05) is 19.9 Å². The summed E-state index contributed by atoms with van der Waals surface area (Å²) in [7, 11) is -0.292. The molecule has 4 heterocycles. The molecule has 1 aromatic carbocycles. The summed E-state index contributed by atoms with van der Waals surface area (Å²) >= 11 is 0. The number of rotatable bonds is 7. The predicted octanol–water partition coefficient (Wildman–Crippen LogP) is 5.34. The minimum Gasteiger partial charge on any atom is -0.488 e. The third-order valence-electron chi connectivity index (χ3n) is 7.85. The Balaban J connectivity index is 1.53. The molecule has 10 nitrogen and oxygen atoms in total. The molecule has 0 bridgehead atoms. The molecule has 1 atom stereocenters. The zero-order chi connectivity index (χ0) is 30.6. The van der Waals surface area contributed by atoms with Gasteiger partial charge in [-0.2, -0.15) is 23.3 Å². The van der Waals surface area contributed by atoms with Crippen molar-refractivity contribution in [2.24, 2.45) is 7.05 Å². The summed E-state index contributed by atoms with van der Waals surface area (Å²) in [6, 6.07) is 1.94. The zero-order valence-corrected chi connectivity index (χ0v) is 25.3. The fourth-order valence-corrected chi connectivity index (χ4v) is 6.79. The first kappa shape index (κ1) is 30.1. The number of nitrogens with zero attached hydrogens (tertiary/aromatic N) is 5. The van der Waals surface area contributed by atoms with Gasteiger partial charge >= 0.3 is 6.18 Å². The normalized spacial score (nSPS) is 18.3. The Morgan fingerprint density at radius 1 is 1.12 bits per heavy atom. The van der Waals surface area contributed by atoms with E-state index in [2.05, 4.69) is 37.6 Å². The van der Waals surface area contributed by atoms with Gasteiger partial charge in [0, 0.05) is 31.4 Å². The van der Waals surface area contributed by atoms with E-state index in [4.69, 9.17) is 4.74 Å². The number of halogens is 3. The lowest BCUT2D eigenvalue weighted by atomic mass is 9.82. The number of anilines is 4. The Bertz CT molecular complexity index is 1600. The summed E-state index contributed by atoms with van der Waals surface area (Å²) in [6.07, 6.45) is -0.0409. The van der Waals surface area contributed by atoms with Crippen molar-refractivity contribution in [2.75, 3.05) is 30.8 Å². The number of aromatic nitrogens is 4. The second kappa shape index (κ2) is 11.0. The molecule has 1 saturated heterocycles. The van der Waals surface area contributed by atoms with Gasteiger partial charge in [-0.15, -0.1) is 0 Å². The van der Waals surface area contributed by atoms with E-state index in [9.17, 15) is 21.6 Å². The molecule has 0 saturated carbocycles. The van der Waals surface area contributed by atoms with Crippen LogP contribution in [-0.4, -0.2) is 64.6 Å². The molecule has 42 heavy (non-hydrogen) atoms. The molecular formula is C28H36F3N7O3S. The Morgan fingerprint density at radius 3 is 2.45 bits per heavy atom. The Morgan fingerprint density at radius 2 is 1.81 bits per heavy atom. The lowest BCUT2D eigenvalue weighted by Gasteiger charge is -2.31. The summed E-state index contributed by atoms with van der Waals surface area (Å²) in [5.41, 5.74) is 2.79. The van der Waals surface area contributed by atoms with E-state index in [0.29, 0.717) is 23.6 Å². The lowest BCUT2D eigenvalue weighted by Crippen LogP contribution is -2.29. The van der Waals surface area contributed by atoms with Crippen molar-refractivity contribution < 1.29 is 26.3 Å².